The van der Waals surface area contributed by atoms with Crippen LogP contribution in [0.1, 0.15) is 36.8 Å². The van der Waals surface area contributed by atoms with E-state index in [1.54, 1.807) is 0 Å². The summed E-state index contributed by atoms with van der Waals surface area (Å²) in [6.45, 7) is 9.22. The first kappa shape index (κ1) is 15.3. The van der Waals surface area contributed by atoms with E-state index in [9.17, 15) is 4.79 Å². The molecule has 0 saturated heterocycles. The predicted octanol–water partition coefficient (Wildman–Crippen LogP) is 1.86. The van der Waals surface area contributed by atoms with E-state index < -0.39 is 0 Å². The number of nitrogen functional groups attached to an aromatic ring is 1. The number of anilines is 1. The number of rotatable bonds is 5. The van der Waals surface area contributed by atoms with Gasteiger partial charge in [0.2, 0.25) is 5.91 Å². The van der Waals surface area contributed by atoms with Gasteiger partial charge in [-0.2, -0.15) is 0 Å². The molecule has 0 atom stereocenters. The number of carbonyl (C=O) groups is 1. The van der Waals surface area contributed by atoms with Gasteiger partial charge in [0, 0.05) is 25.2 Å². The standard InChI is InChI=1S/C15H23N5O/c1-5-7-17-12(21)6-8-20-10(3)9(2)13-14(16)18-11(4)19-15(13)20/h5-8H2,1-4H3,(H,17,21)(H2,16,18,19). The SMILES string of the molecule is CCCNC(=O)CCn1c(C)c(C)c2c(N)nc(C)nc21. The summed E-state index contributed by atoms with van der Waals surface area (Å²) in [5.74, 6) is 1.22. The van der Waals surface area contributed by atoms with Gasteiger partial charge in [-0.3, -0.25) is 4.79 Å². The van der Waals surface area contributed by atoms with E-state index >= 15 is 0 Å². The number of amides is 1. The van der Waals surface area contributed by atoms with Gasteiger partial charge in [-0.15, -0.1) is 0 Å². The fraction of sp³-hybridized carbons (Fsp3) is 0.533. The van der Waals surface area contributed by atoms with Gasteiger partial charge in [0.15, 0.2) is 0 Å². The molecule has 0 spiro atoms. The number of carbonyl (C=O) groups excluding carboxylic acids is 1. The topological polar surface area (TPSA) is 85.8 Å². The molecule has 2 rings (SSSR count). The molecule has 2 aromatic heterocycles. The molecular formula is C15H23N5O. The van der Waals surface area contributed by atoms with Crippen molar-refractivity contribution in [2.45, 2.75) is 47.1 Å². The van der Waals surface area contributed by atoms with Crippen LogP contribution in [0.3, 0.4) is 0 Å². The Bertz CT molecular complexity index is 674. The summed E-state index contributed by atoms with van der Waals surface area (Å²) in [6, 6.07) is 0. The first-order valence-corrected chi connectivity index (χ1v) is 7.31. The number of aryl methyl sites for hydroxylation is 3. The molecule has 0 bridgehead atoms. The molecule has 2 aromatic rings. The van der Waals surface area contributed by atoms with Gasteiger partial charge in [0.25, 0.3) is 0 Å². The van der Waals surface area contributed by atoms with Crippen molar-refractivity contribution in [2.75, 3.05) is 12.3 Å². The smallest absolute Gasteiger partial charge is 0.221 e. The Morgan fingerprint density at radius 3 is 2.67 bits per heavy atom. The molecule has 1 amide bonds. The largest absolute Gasteiger partial charge is 0.383 e. The Morgan fingerprint density at radius 2 is 2.00 bits per heavy atom. The average molecular weight is 289 g/mol. The van der Waals surface area contributed by atoms with Gasteiger partial charge in [-0.25, -0.2) is 9.97 Å². The number of nitrogens with zero attached hydrogens (tertiary/aromatic N) is 3. The maximum atomic E-state index is 11.8. The van der Waals surface area contributed by atoms with E-state index in [4.69, 9.17) is 5.73 Å². The highest BCUT2D eigenvalue weighted by Gasteiger charge is 2.16. The van der Waals surface area contributed by atoms with E-state index in [-0.39, 0.29) is 5.91 Å². The van der Waals surface area contributed by atoms with Gasteiger partial charge in [-0.1, -0.05) is 6.92 Å². The second-order valence-corrected chi connectivity index (χ2v) is 5.32. The van der Waals surface area contributed by atoms with Crippen LogP contribution < -0.4 is 11.1 Å². The van der Waals surface area contributed by atoms with Crippen LogP contribution >= 0.6 is 0 Å². The van der Waals surface area contributed by atoms with Gasteiger partial charge >= 0.3 is 0 Å². The molecule has 114 valence electrons. The quantitative estimate of drug-likeness (QED) is 0.879. The third-order valence-electron chi connectivity index (χ3n) is 3.74. The summed E-state index contributed by atoms with van der Waals surface area (Å²) in [4.78, 5) is 20.5. The van der Waals surface area contributed by atoms with Crippen molar-refractivity contribution in [3.8, 4) is 0 Å². The van der Waals surface area contributed by atoms with Crippen molar-refractivity contribution >= 4 is 22.8 Å². The van der Waals surface area contributed by atoms with Crippen molar-refractivity contribution in [1.82, 2.24) is 19.9 Å². The van der Waals surface area contributed by atoms with Gasteiger partial charge in [0.05, 0.1) is 5.39 Å². The summed E-state index contributed by atoms with van der Waals surface area (Å²) < 4.78 is 2.06. The lowest BCUT2D eigenvalue weighted by Crippen LogP contribution is -2.25. The lowest BCUT2D eigenvalue weighted by atomic mass is 10.2. The fourth-order valence-electron chi connectivity index (χ4n) is 2.52. The summed E-state index contributed by atoms with van der Waals surface area (Å²) in [7, 11) is 0. The van der Waals surface area contributed by atoms with Crippen LogP contribution in [-0.2, 0) is 11.3 Å². The second-order valence-electron chi connectivity index (χ2n) is 5.32. The van der Waals surface area contributed by atoms with Crippen LogP contribution in [-0.4, -0.2) is 27.0 Å². The minimum Gasteiger partial charge on any atom is -0.383 e. The van der Waals surface area contributed by atoms with Crippen molar-refractivity contribution in [2.24, 2.45) is 0 Å². The number of hydrogen-bond donors (Lipinski definition) is 2. The summed E-state index contributed by atoms with van der Waals surface area (Å²) in [6.07, 6.45) is 1.38. The molecule has 0 aliphatic carbocycles. The first-order chi connectivity index (χ1) is 9.95. The van der Waals surface area contributed by atoms with Crippen LogP contribution in [0.25, 0.3) is 11.0 Å². The third kappa shape index (κ3) is 2.99. The maximum Gasteiger partial charge on any atom is 0.221 e. The minimum atomic E-state index is 0.0644. The van der Waals surface area contributed by atoms with Crippen LogP contribution in [0.15, 0.2) is 0 Å². The number of aromatic nitrogens is 3. The summed E-state index contributed by atoms with van der Waals surface area (Å²) in [5.41, 5.74) is 9.00. The number of hydrogen-bond acceptors (Lipinski definition) is 4. The molecule has 0 aliphatic heterocycles. The molecule has 0 unspecified atom stereocenters. The van der Waals surface area contributed by atoms with E-state index in [1.165, 1.54) is 0 Å². The van der Waals surface area contributed by atoms with E-state index in [0.717, 1.165) is 35.3 Å². The van der Waals surface area contributed by atoms with Crippen molar-refractivity contribution in [3.63, 3.8) is 0 Å². The van der Waals surface area contributed by atoms with Crippen LogP contribution in [0.5, 0.6) is 0 Å². The van der Waals surface area contributed by atoms with E-state index in [2.05, 4.69) is 19.9 Å². The molecule has 0 aliphatic rings. The monoisotopic (exact) mass is 289 g/mol. The summed E-state index contributed by atoms with van der Waals surface area (Å²) in [5, 5.41) is 3.79. The van der Waals surface area contributed by atoms with Gasteiger partial charge in [0.1, 0.15) is 17.3 Å². The van der Waals surface area contributed by atoms with Crippen molar-refractivity contribution < 1.29 is 4.79 Å². The zero-order chi connectivity index (χ0) is 15.6. The molecule has 6 nitrogen and oxygen atoms in total. The normalized spacial score (nSPS) is 11.0. The zero-order valence-electron chi connectivity index (χ0n) is 13.2. The zero-order valence-corrected chi connectivity index (χ0v) is 13.2. The van der Waals surface area contributed by atoms with E-state index in [0.29, 0.717) is 24.6 Å². The average Bonchev–Trinajstić information content (AvgIpc) is 2.66. The fourth-order valence-corrected chi connectivity index (χ4v) is 2.52. The number of fused-ring (bicyclic) bond motifs is 1. The van der Waals surface area contributed by atoms with Gasteiger partial charge < -0.3 is 15.6 Å². The Labute approximate surface area is 124 Å². The molecule has 0 saturated carbocycles. The number of nitrogens with two attached hydrogens (primary N) is 1. The third-order valence-corrected chi connectivity index (χ3v) is 3.74. The first-order valence-electron chi connectivity index (χ1n) is 7.31. The van der Waals surface area contributed by atoms with Crippen LogP contribution in [0.2, 0.25) is 0 Å². The van der Waals surface area contributed by atoms with Crippen molar-refractivity contribution in [3.05, 3.63) is 17.1 Å². The minimum absolute atomic E-state index is 0.0644. The molecule has 21 heavy (non-hydrogen) atoms. The second kappa shape index (κ2) is 6.11. The Kier molecular flexibility index (Phi) is 4.45. The van der Waals surface area contributed by atoms with Crippen LogP contribution in [0, 0.1) is 20.8 Å². The maximum absolute atomic E-state index is 11.8. The highest BCUT2D eigenvalue weighted by molar-refractivity contribution is 5.91. The molecular weight excluding hydrogens is 266 g/mol. The lowest BCUT2D eigenvalue weighted by Gasteiger charge is -2.08. The molecule has 0 radical (unpaired) electrons. The molecule has 0 fully saturated rings. The summed E-state index contributed by atoms with van der Waals surface area (Å²) >= 11 is 0. The Morgan fingerprint density at radius 1 is 1.29 bits per heavy atom. The van der Waals surface area contributed by atoms with Gasteiger partial charge in [-0.05, 0) is 32.8 Å². The molecule has 2 heterocycles. The molecule has 6 heteroatoms. The van der Waals surface area contributed by atoms with Crippen LogP contribution in [0.4, 0.5) is 5.82 Å². The highest BCUT2D eigenvalue weighted by Crippen LogP contribution is 2.27. The number of nitrogens with one attached hydrogen (secondary N) is 1. The highest BCUT2D eigenvalue weighted by atomic mass is 16.1. The van der Waals surface area contributed by atoms with E-state index in [1.807, 2.05) is 27.7 Å². The molecule has 3 N–H and O–H groups in total. The predicted molar refractivity (Wildman–Crippen MR) is 84.1 cm³/mol. The Hall–Kier alpha value is -2.11. The Balaban J connectivity index is 2.31. The van der Waals surface area contributed by atoms with Crippen molar-refractivity contribution in [1.29, 1.82) is 0 Å². The molecule has 0 aromatic carbocycles. The lowest BCUT2D eigenvalue weighted by molar-refractivity contribution is -0.121.